The highest BCUT2D eigenvalue weighted by Gasteiger charge is 2.10. The van der Waals surface area contributed by atoms with E-state index in [0.29, 0.717) is 0 Å². The summed E-state index contributed by atoms with van der Waals surface area (Å²) in [5.74, 6) is 0.834. The molecule has 0 heterocycles. The predicted octanol–water partition coefficient (Wildman–Crippen LogP) is 4.19. The van der Waals surface area contributed by atoms with Crippen molar-refractivity contribution in [3.8, 4) is 5.75 Å². The van der Waals surface area contributed by atoms with E-state index in [-0.39, 0.29) is 6.79 Å². The zero-order chi connectivity index (χ0) is 11.5. The maximum absolute atomic E-state index is 5.55. The number of ether oxygens (including phenoxy) is 2. The van der Waals surface area contributed by atoms with Crippen molar-refractivity contribution >= 4 is 49.3 Å². The monoisotopic (exact) mass is 392 g/mol. The van der Waals surface area contributed by atoms with E-state index in [2.05, 4.69) is 56.7 Å². The molecule has 2 aromatic carbocycles. The number of fused-ring (bicyclic) bond motifs is 1. The van der Waals surface area contributed by atoms with Crippen molar-refractivity contribution in [2.45, 2.75) is 0 Å². The molecule has 0 saturated heterocycles. The van der Waals surface area contributed by atoms with Crippen molar-refractivity contribution in [2.24, 2.45) is 0 Å². The average Bonchev–Trinajstić information content (AvgIpc) is 2.29. The number of halogens is 2. The van der Waals surface area contributed by atoms with Crippen molar-refractivity contribution in [1.29, 1.82) is 0 Å². The molecule has 0 N–H and O–H groups in total. The van der Waals surface area contributed by atoms with E-state index in [1.54, 1.807) is 7.11 Å². The molecule has 2 aromatic rings. The standard InChI is InChI=1S/C12H10BrIO2/c1-15-7-16-12-10(14)6-8-4-2-3-5-9(8)11(12)13/h2-6H,7H2,1H3. The molecule has 2 rings (SSSR count). The molecular formula is C12H10BrIO2. The van der Waals surface area contributed by atoms with E-state index in [0.717, 1.165) is 19.2 Å². The van der Waals surface area contributed by atoms with E-state index in [1.165, 1.54) is 5.39 Å². The van der Waals surface area contributed by atoms with Crippen LogP contribution in [0.2, 0.25) is 0 Å². The van der Waals surface area contributed by atoms with Crippen molar-refractivity contribution in [1.82, 2.24) is 0 Å². The second-order valence-corrected chi connectivity index (χ2v) is 5.23. The Bertz CT molecular complexity index is 514. The summed E-state index contributed by atoms with van der Waals surface area (Å²) < 4.78 is 12.5. The van der Waals surface area contributed by atoms with Crippen molar-refractivity contribution in [3.63, 3.8) is 0 Å². The van der Waals surface area contributed by atoms with Crippen LogP contribution in [0.5, 0.6) is 5.75 Å². The predicted molar refractivity (Wildman–Crippen MR) is 76.9 cm³/mol. The van der Waals surface area contributed by atoms with Gasteiger partial charge < -0.3 is 9.47 Å². The largest absolute Gasteiger partial charge is 0.465 e. The quantitative estimate of drug-likeness (QED) is 0.576. The summed E-state index contributed by atoms with van der Waals surface area (Å²) in [6, 6.07) is 10.3. The Morgan fingerprint density at radius 3 is 2.81 bits per heavy atom. The molecule has 0 unspecified atom stereocenters. The maximum Gasteiger partial charge on any atom is 0.188 e. The van der Waals surface area contributed by atoms with Gasteiger partial charge in [0.1, 0.15) is 0 Å². The van der Waals surface area contributed by atoms with Gasteiger partial charge in [-0.3, -0.25) is 0 Å². The SMILES string of the molecule is COCOc1c(I)cc2ccccc2c1Br. The first-order valence-electron chi connectivity index (χ1n) is 4.72. The van der Waals surface area contributed by atoms with Crippen LogP contribution in [-0.4, -0.2) is 13.9 Å². The van der Waals surface area contributed by atoms with E-state index in [1.807, 2.05) is 12.1 Å². The highest BCUT2D eigenvalue weighted by atomic mass is 127. The second-order valence-electron chi connectivity index (χ2n) is 3.27. The van der Waals surface area contributed by atoms with Gasteiger partial charge in [0.05, 0.1) is 8.04 Å². The molecule has 0 atom stereocenters. The van der Waals surface area contributed by atoms with Crippen LogP contribution >= 0.6 is 38.5 Å². The summed E-state index contributed by atoms with van der Waals surface area (Å²) in [5.41, 5.74) is 0. The lowest BCUT2D eigenvalue weighted by molar-refractivity contribution is 0.0501. The third-order valence-electron chi connectivity index (χ3n) is 2.22. The summed E-state index contributed by atoms with van der Waals surface area (Å²) in [4.78, 5) is 0. The van der Waals surface area contributed by atoms with Crippen LogP contribution in [0, 0.1) is 3.57 Å². The van der Waals surface area contributed by atoms with Gasteiger partial charge in [-0.25, -0.2) is 0 Å². The van der Waals surface area contributed by atoms with Gasteiger partial charge in [0.25, 0.3) is 0 Å². The highest BCUT2D eigenvalue weighted by Crippen LogP contribution is 2.37. The minimum atomic E-state index is 0.257. The fraction of sp³-hybridized carbons (Fsp3) is 0.167. The molecule has 0 spiro atoms. The number of hydrogen-bond acceptors (Lipinski definition) is 2. The average molecular weight is 393 g/mol. The first kappa shape index (κ1) is 12.1. The lowest BCUT2D eigenvalue weighted by Gasteiger charge is -2.11. The van der Waals surface area contributed by atoms with Gasteiger partial charge in [0.2, 0.25) is 0 Å². The Morgan fingerprint density at radius 2 is 2.06 bits per heavy atom. The third-order valence-corrected chi connectivity index (χ3v) is 3.81. The lowest BCUT2D eigenvalue weighted by Crippen LogP contribution is -2.01. The van der Waals surface area contributed by atoms with Gasteiger partial charge in [0, 0.05) is 7.11 Å². The van der Waals surface area contributed by atoms with Crippen LogP contribution in [0.25, 0.3) is 10.8 Å². The van der Waals surface area contributed by atoms with Gasteiger partial charge >= 0.3 is 0 Å². The fourth-order valence-electron chi connectivity index (χ4n) is 1.50. The van der Waals surface area contributed by atoms with Gasteiger partial charge in [-0.05, 0) is 55.4 Å². The molecule has 0 radical (unpaired) electrons. The number of rotatable bonds is 3. The van der Waals surface area contributed by atoms with Gasteiger partial charge in [0.15, 0.2) is 12.5 Å². The second kappa shape index (κ2) is 5.33. The Balaban J connectivity index is 2.56. The molecule has 0 aliphatic rings. The Labute approximate surface area is 116 Å². The number of methoxy groups -OCH3 is 1. The lowest BCUT2D eigenvalue weighted by atomic mass is 10.1. The van der Waals surface area contributed by atoms with E-state index >= 15 is 0 Å². The van der Waals surface area contributed by atoms with Crippen LogP contribution < -0.4 is 4.74 Å². The fourth-order valence-corrected chi connectivity index (χ4v) is 3.32. The molecule has 2 nitrogen and oxygen atoms in total. The summed E-state index contributed by atoms with van der Waals surface area (Å²) >= 11 is 5.84. The van der Waals surface area contributed by atoms with Gasteiger partial charge in [-0.2, -0.15) is 0 Å². The molecule has 0 amide bonds. The van der Waals surface area contributed by atoms with Crippen LogP contribution in [0.1, 0.15) is 0 Å². The van der Waals surface area contributed by atoms with Crippen molar-refractivity contribution in [3.05, 3.63) is 38.4 Å². The molecule has 84 valence electrons. The van der Waals surface area contributed by atoms with Gasteiger partial charge in [-0.1, -0.05) is 24.3 Å². The summed E-state index contributed by atoms with van der Waals surface area (Å²) in [6.45, 7) is 0.257. The van der Waals surface area contributed by atoms with Crippen LogP contribution in [0.4, 0.5) is 0 Å². The Hall–Kier alpha value is -0.330. The van der Waals surface area contributed by atoms with Crippen LogP contribution in [-0.2, 0) is 4.74 Å². The Kier molecular flexibility index (Phi) is 4.05. The Morgan fingerprint density at radius 1 is 1.31 bits per heavy atom. The molecule has 16 heavy (non-hydrogen) atoms. The summed E-state index contributed by atoms with van der Waals surface area (Å²) in [5, 5.41) is 2.34. The molecule has 0 fully saturated rings. The molecule has 0 bridgehead atoms. The van der Waals surface area contributed by atoms with E-state index in [4.69, 9.17) is 9.47 Å². The minimum Gasteiger partial charge on any atom is -0.465 e. The number of hydrogen-bond donors (Lipinski definition) is 0. The first-order chi connectivity index (χ1) is 7.74. The molecule has 0 saturated carbocycles. The topological polar surface area (TPSA) is 18.5 Å². The molecular weight excluding hydrogens is 383 g/mol. The minimum absolute atomic E-state index is 0.257. The van der Waals surface area contributed by atoms with Gasteiger partial charge in [-0.15, -0.1) is 0 Å². The molecule has 0 aliphatic carbocycles. The molecule has 0 aromatic heterocycles. The third kappa shape index (κ3) is 2.33. The smallest absolute Gasteiger partial charge is 0.188 e. The van der Waals surface area contributed by atoms with Crippen LogP contribution in [0.3, 0.4) is 0 Å². The van der Waals surface area contributed by atoms with Crippen molar-refractivity contribution in [2.75, 3.05) is 13.9 Å². The summed E-state index contributed by atoms with van der Waals surface area (Å²) in [6.07, 6.45) is 0. The van der Waals surface area contributed by atoms with E-state index < -0.39 is 0 Å². The number of benzene rings is 2. The molecule has 0 aliphatic heterocycles. The normalized spacial score (nSPS) is 10.7. The van der Waals surface area contributed by atoms with Crippen molar-refractivity contribution < 1.29 is 9.47 Å². The maximum atomic E-state index is 5.55. The molecule has 4 heteroatoms. The highest BCUT2D eigenvalue weighted by molar-refractivity contribution is 14.1. The zero-order valence-corrected chi connectivity index (χ0v) is 12.4. The van der Waals surface area contributed by atoms with E-state index in [9.17, 15) is 0 Å². The zero-order valence-electron chi connectivity index (χ0n) is 8.67. The summed E-state index contributed by atoms with van der Waals surface area (Å²) in [7, 11) is 1.61. The van der Waals surface area contributed by atoms with Crippen LogP contribution in [0.15, 0.2) is 34.8 Å². The first-order valence-corrected chi connectivity index (χ1v) is 6.59.